The average Bonchev–Trinajstić information content (AvgIpc) is 3.26. The molecular formula is C22H21N3O6. The lowest BCUT2D eigenvalue weighted by Gasteiger charge is -2.07. The van der Waals surface area contributed by atoms with E-state index in [1.54, 1.807) is 12.1 Å². The van der Waals surface area contributed by atoms with E-state index in [9.17, 15) is 14.4 Å². The van der Waals surface area contributed by atoms with E-state index in [2.05, 4.69) is 20.2 Å². The van der Waals surface area contributed by atoms with Gasteiger partial charge in [0.05, 0.1) is 19.1 Å². The standard InChI is InChI=1S/C22H21N3O6/c1-14-3-5-15(6-4-14)21-24-19(31-25-21)11-12-20(27)30-13-18(26)23-17-9-7-16(8-10-17)22(28)29-2/h3-10H,11-13H2,1-2H3,(H,23,26). The molecule has 1 heterocycles. The summed E-state index contributed by atoms with van der Waals surface area (Å²) >= 11 is 0. The summed E-state index contributed by atoms with van der Waals surface area (Å²) in [7, 11) is 1.29. The molecule has 0 saturated carbocycles. The van der Waals surface area contributed by atoms with E-state index in [1.807, 2.05) is 31.2 Å². The first-order valence-electron chi connectivity index (χ1n) is 9.48. The van der Waals surface area contributed by atoms with E-state index >= 15 is 0 Å². The van der Waals surface area contributed by atoms with Crippen LogP contribution >= 0.6 is 0 Å². The van der Waals surface area contributed by atoms with Crippen LogP contribution in [0.4, 0.5) is 5.69 Å². The Hall–Kier alpha value is -4.01. The van der Waals surface area contributed by atoms with Crippen LogP contribution in [0.1, 0.15) is 28.2 Å². The quantitative estimate of drug-likeness (QED) is 0.549. The maximum atomic E-state index is 11.9. The first-order valence-corrected chi connectivity index (χ1v) is 9.48. The Kier molecular flexibility index (Phi) is 7.10. The highest BCUT2D eigenvalue weighted by Crippen LogP contribution is 2.17. The summed E-state index contributed by atoms with van der Waals surface area (Å²) < 4.78 is 14.7. The zero-order valence-corrected chi connectivity index (χ0v) is 17.1. The predicted octanol–water partition coefficient (Wildman–Crippen LogP) is 2.95. The summed E-state index contributed by atoms with van der Waals surface area (Å²) in [5.41, 5.74) is 2.76. The third-order valence-electron chi connectivity index (χ3n) is 4.27. The van der Waals surface area contributed by atoms with Gasteiger partial charge >= 0.3 is 11.9 Å². The maximum Gasteiger partial charge on any atom is 0.337 e. The number of nitrogens with one attached hydrogen (secondary N) is 1. The highest BCUT2D eigenvalue weighted by molar-refractivity contribution is 5.94. The highest BCUT2D eigenvalue weighted by atomic mass is 16.5. The number of carbonyl (C=O) groups excluding carboxylic acids is 3. The Labute approximate surface area is 178 Å². The lowest BCUT2D eigenvalue weighted by atomic mass is 10.1. The number of methoxy groups -OCH3 is 1. The molecule has 1 amide bonds. The van der Waals surface area contributed by atoms with Crippen LogP contribution in [0.15, 0.2) is 53.1 Å². The molecule has 31 heavy (non-hydrogen) atoms. The van der Waals surface area contributed by atoms with Crippen molar-refractivity contribution in [1.29, 1.82) is 0 Å². The highest BCUT2D eigenvalue weighted by Gasteiger charge is 2.13. The van der Waals surface area contributed by atoms with Crippen molar-refractivity contribution >= 4 is 23.5 Å². The minimum absolute atomic E-state index is 0.00334. The van der Waals surface area contributed by atoms with E-state index in [-0.39, 0.29) is 12.8 Å². The molecule has 3 aromatic rings. The monoisotopic (exact) mass is 423 g/mol. The molecule has 0 saturated heterocycles. The number of amides is 1. The number of hydrogen-bond acceptors (Lipinski definition) is 8. The van der Waals surface area contributed by atoms with Gasteiger partial charge < -0.3 is 19.3 Å². The second-order valence-corrected chi connectivity index (χ2v) is 6.66. The molecule has 0 fully saturated rings. The molecule has 0 spiro atoms. The molecule has 9 nitrogen and oxygen atoms in total. The fourth-order valence-electron chi connectivity index (χ4n) is 2.61. The molecule has 0 bridgehead atoms. The van der Waals surface area contributed by atoms with E-state index in [4.69, 9.17) is 9.26 Å². The number of aromatic nitrogens is 2. The molecule has 1 N–H and O–H groups in total. The number of hydrogen-bond donors (Lipinski definition) is 1. The number of benzene rings is 2. The number of ether oxygens (including phenoxy) is 2. The van der Waals surface area contributed by atoms with Crippen molar-refractivity contribution in [1.82, 2.24) is 10.1 Å². The number of carbonyl (C=O) groups is 3. The molecule has 0 radical (unpaired) electrons. The number of anilines is 1. The Morgan fingerprint density at radius 3 is 2.42 bits per heavy atom. The van der Waals surface area contributed by atoms with Gasteiger partial charge in [-0.1, -0.05) is 35.0 Å². The summed E-state index contributed by atoms with van der Waals surface area (Å²) in [5.74, 6) is -0.785. The third kappa shape index (κ3) is 6.23. The van der Waals surface area contributed by atoms with E-state index in [0.717, 1.165) is 11.1 Å². The van der Waals surface area contributed by atoms with Crippen LogP contribution in [0, 0.1) is 6.92 Å². The lowest BCUT2D eigenvalue weighted by Crippen LogP contribution is -2.21. The molecule has 1 aromatic heterocycles. The van der Waals surface area contributed by atoms with Gasteiger partial charge in [0.2, 0.25) is 11.7 Å². The van der Waals surface area contributed by atoms with Gasteiger partial charge in [-0.2, -0.15) is 4.98 Å². The fraction of sp³-hybridized carbons (Fsp3) is 0.227. The van der Waals surface area contributed by atoms with Crippen LogP contribution in [0.5, 0.6) is 0 Å². The number of esters is 2. The van der Waals surface area contributed by atoms with Gasteiger partial charge in [-0.25, -0.2) is 4.79 Å². The van der Waals surface area contributed by atoms with Crippen molar-refractivity contribution in [2.45, 2.75) is 19.8 Å². The van der Waals surface area contributed by atoms with Crippen LogP contribution in [0.25, 0.3) is 11.4 Å². The molecule has 0 unspecified atom stereocenters. The second kappa shape index (κ2) is 10.1. The molecule has 160 valence electrons. The zero-order chi connectivity index (χ0) is 22.2. The number of rotatable bonds is 8. The topological polar surface area (TPSA) is 121 Å². The number of aryl methyl sites for hydroxylation is 2. The Balaban J connectivity index is 1.41. The summed E-state index contributed by atoms with van der Waals surface area (Å²) in [6, 6.07) is 13.8. The Bertz CT molecular complexity index is 1060. The van der Waals surface area contributed by atoms with E-state index in [0.29, 0.717) is 23.0 Å². The van der Waals surface area contributed by atoms with Crippen LogP contribution in [-0.2, 0) is 25.5 Å². The van der Waals surface area contributed by atoms with Gasteiger partial charge in [0, 0.05) is 17.7 Å². The van der Waals surface area contributed by atoms with Crippen molar-refractivity contribution in [2.75, 3.05) is 19.0 Å². The summed E-state index contributed by atoms with van der Waals surface area (Å²) in [6.45, 7) is 1.55. The van der Waals surface area contributed by atoms with Gasteiger partial charge in [0.25, 0.3) is 5.91 Å². The second-order valence-electron chi connectivity index (χ2n) is 6.66. The summed E-state index contributed by atoms with van der Waals surface area (Å²) in [4.78, 5) is 39.5. The largest absolute Gasteiger partial charge is 0.465 e. The van der Waals surface area contributed by atoms with Crippen molar-refractivity contribution in [3.63, 3.8) is 0 Å². The number of nitrogens with zero attached hydrogens (tertiary/aromatic N) is 2. The average molecular weight is 423 g/mol. The van der Waals surface area contributed by atoms with E-state index < -0.39 is 24.5 Å². The molecule has 0 aliphatic heterocycles. The first-order chi connectivity index (χ1) is 14.9. The lowest BCUT2D eigenvalue weighted by molar-refractivity contribution is -0.147. The first kappa shape index (κ1) is 21.7. The predicted molar refractivity (Wildman–Crippen MR) is 110 cm³/mol. The summed E-state index contributed by atoms with van der Waals surface area (Å²) in [5, 5.41) is 6.48. The summed E-state index contributed by atoms with van der Waals surface area (Å²) in [6.07, 6.45) is 0.199. The SMILES string of the molecule is COC(=O)c1ccc(NC(=O)COC(=O)CCc2nc(-c3ccc(C)cc3)no2)cc1. The molecule has 3 rings (SSSR count). The smallest absolute Gasteiger partial charge is 0.337 e. The Morgan fingerprint density at radius 2 is 1.74 bits per heavy atom. The third-order valence-corrected chi connectivity index (χ3v) is 4.27. The van der Waals surface area contributed by atoms with Crippen molar-refractivity contribution in [3.8, 4) is 11.4 Å². The van der Waals surface area contributed by atoms with Gasteiger partial charge in [-0.15, -0.1) is 0 Å². The Morgan fingerprint density at radius 1 is 1.03 bits per heavy atom. The fourth-order valence-corrected chi connectivity index (χ4v) is 2.61. The molecule has 9 heteroatoms. The van der Waals surface area contributed by atoms with Gasteiger partial charge in [-0.05, 0) is 31.2 Å². The van der Waals surface area contributed by atoms with Gasteiger partial charge in [-0.3, -0.25) is 9.59 Å². The van der Waals surface area contributed by atoms with Crippen molar-refractivity contribution in [3.05, 3.63) is 65.5 Å². The minimum Gasteiger partial charge on any atom is -0.465 e. The molecular weight excluding hydrogens is 402 g/mol. The normalized spacial score (nSPS) is 10.4. The van der Waals surface area contributed by atoms with Crippen LogP contribution in [0.3, 0.4) is 0 Å². The van der Waals surface area contributed by atoms with Crippen LogP contribution < -0.4 is 5.32 Å². The molecule has 2 aromatic carbocycles. The van der Waals surface area contributed by atoms with Crippen LogP contribution in [-0.4, -0.2) is 41.7 Å². The van der Waals surface area contributed by atoms with Gasteiger partial charge in [0.1, 0.15) is 0 Å². The molecule has 0 atom stereocenters. The van der Waals surface area contributed by atoms with E-state index in [1.165, 1.54) is 19.2 Å². The van der Waals surface area contributed by atoms with Gasteiger partial charge in [0.15, 0.2) is 6.61 Å². The minimum atomic E-state index is -0.564. The molecule has 0 aliphatic rings. The van der Waals surface area contributed by atoms with Crippen molar-refractivity contribution < 1.29 is 28.4 Å². The zero-order valence-electron chi connectivity index (χ0n) is 17.1. The van der Waals surface area contributed by atoms with Crippen LogP contribution in [0.2, 0.25) is 0 Å². The van der Waals surface area contributed by atoms with Crippen molar-refractivity contribution in [2.24, 2.45) is 0 Å². The molecule has 0 aliphatic carbocycles. The maximum absolute atomic E-state index is 11.9.